The number of nitrogens with zero attached hydrogens (tertiary/aromatic N) is 4. The molecule has 0 saturated heterocycles. The SMILES string of the molecule is C=CCCCN(C)C(=NCc1csc(N(C)C)n1)NCC. The maximum absolute atomic E-state index is 4.67. The van der Waals surface area contributed by atoms with Crippen molar-refractivity contribution in [3.05, 3.63) is 23.7 Å². The van der Waals surface area contributed by atoms with Gasteiger partial charge in [0.2, 0.25) is 0 Å². The van der Waals surface area contributed by atoms with E-state index in [1.807, 2.05) is 25.1 Å². The molecule has 0 spiro atoms. The molecule has 0 atom stereocenters. The molecular formula is C15H27N5S. The highest BCUT2D eigenvalue weighted by Crippen LogP contribution is 2.18. The highest BCUT2D eigenvalue weighted by atomic mass is 32.1. The molecule has 0 aliphatic carbocycles. The number of guanidine groups is 1. The molecule has 1 heterocycles. The first-order chi connectivity index (χ1) is 10.1. The molecule has 0 saturated carbocycles. The molecule has 0 aliphatic rings. The Labute approximate surface area is 132 Å². The van der Waals surface area contributed by atoms with Gasteiger partial charge < -0.3 is 15.1 Å². The third kappa shape index (κ3) is 6.16. The Morgan fingerprint density at radius 3 is 2.81 bits per heavy atom. The van der Waals surface area contributed by atoms with E-state index >= 15 is 0 Å². The Balaban J connectivity index is 2.62. The number of allylic oxidation sites excluding steroid dienone is 1. The van der Waals surface area contributed by atoms with E-state index in [0.717, 1.165) is 42.7 Å². The number of nitrogens with one attached hydrogen (secondary N) is 1. The average Bonchev–Trinajstić information content (AvgIpc) is 2.92. The highest BCUT2D eigenvalue weighted by Gasteiger charge is 2.07. The molecule has 0 aromatic carbocycles. The lowest BCUT2D eigenvalue weighted by Crippen LogP contribution is -2.39. The van der Waals surface area contributed by atoms with Crippen molar-refractivity contribution in [1.82, 2.24) is 15.2 Å². The molecule has 1 aromatic rings. The van der Waals surface area contributed by atoms with Crippen LogP contribution in [0.15, 0.2) is 23.0 Å². The molecule has 118 valence electrons. The van der Waals surface area contributed by atoms with Gasteiger partial charge >= 0.3 is 0 Å². The van der Waals surface area contributed by atoms with Gasteiger partial charge in [-0.15, -0.1) is 17.9 Å². The highest BCUT2D eigenvalue weighted by molar-refractivity contribution is 7.13. The number of thiazole rings is 1. The average molecular weight is 309 g/mol. The molecular weight excluding hydrogens is 282 g/mol. The standard InChI is InChI=1S/C15H27N5S/c1-6-8-9-10-20(5)14(16-7-2)17-11-13-12-21-15(18-13)19(3)4/h6,12H,1,7-11H2,2-5H3,(H,16,17). The van der Waals surface area contributed by atoms with Crippen molar-refractivity contribution in [2.75, 3.05) is 39.1 Å². The van der Waals surface area contributed by atoms with Crippen LogP contribution in [0.1, 0.15) is 25.5 Å². The van der Waals surface area contributed by atoms with Crippen LogP contribution >= 0.6 is 11.3 Å². The number of hydrogen-bond acceptors (Lipinski definition) is 4. The summed E-state index contributed by atoms with van der Waals surface area (Å²) in [4.78, 5) is 13.4. The summed E-state index contributed by atoms with van der Waals surface area (Å²) in [5.74, 6) is 0.931. The van der Waals surface area contributed by atoms with Gasteiger partial charge in [0.15, 0.2) is 11.1 Å². The molecule has 21 heavy (non-hydrogen) atoms. The molecule has 1 rings (SSSR count). The first-order valence-electron chi connectivity index (χ1n) is 7.30. The van der Waals surface area contributed by atoms with Crippen molar-refractivity contribution in [3.63, 3.8) is 0 Å². The summed E-state index contributed by atoms with van der Waals surface area (Å²) >= 11 is 1.65. The minimum Gasteiger partial charge on any atom is -0.357 e. The van der Waals surface area contributed by atoms with Crippen LogP contribution < -0.4 is 10.2 Å². The number of hydrogen-bond donors (Lipinski definition) is 1. The van der Waals surface area contributed by atoms with E-state index in [-0.39, 0.29) is 0 Å². The quantitative estimate of drug-likeness (QED) is 0.347. The lowest BCUT2D eigenvalue weighted by Gasteiger charge is -2.21. The van der Waals surface area contributed by atoms with Crippen molar-refractivity contribution < 1.29 is 0 Å². The number of aliphatic imine (C=N–C) groups is 1. The topological polar surface area (TPSA) is 43.8 Å². The van der Waals surface area contributed by atoms with E-state index in [1.165, 1.54) is 0 Å². The predicted molar refractivity (Wildman–Crippen MR) is 93.3 cm³/mol. The zero-order valence-electron chi connectivity index (χ0n) is 13.6. The second kappa shape index (κ2) is 9.39. The van der Waals surface area contributed by atoms with Gasteiger partial charge in [-0.1, -0.05) is 6.08 Å². The van der Waals surface area contributed by atoms with Crippen LogP contribution in [0.25, 0.3) is 0 Å². The summed E-state index contributed by atoms with van der Waals surface area (Å²) in [6, 6.07) is 0. The molecule has 1 N–H and O–H groups in total. The lowest BCUT2D eigenvalue weighted by molar-refractivity contribution is 0.470. The molecule has 0 amide bonds. The zero-order valence-corrected chi connectivity index (χ0v) is 14.4. The van der Waals surface area contributed by atoms with Gasteiger partial charge in [-0.25, -0.2) is 9.98 Å². The second-order valence-corrected chi connectivity index (χ2v) is 5.88. The lowest BCUT2D eigenvalue weighted by atomic mass is 10.3. The van der Waals surface area contributed by atoms with Crippen LogP contribution in [-0.4, -0.2) is 50.1 Å². The summed E-state index contributed by atoms with van der Waals surface area (Å²) in [7, 11) is 6.07. The zero-order chi connectivity index (χ0) is 15.7. The summed E-state index contributed by atoms with van der Waals surface area (Å²) in [5.41, 5.74) is 1.01. The predicted octanol–water partition coefficient (Wildman–Crippen LogP) is 2.57. The summed E-state index contributed by atoms with van der Waals surface area (Å²) < 4.78 is 0. The Kier molecular flexibility index (Phi) is 7.82. The van der Waals surface area contributed by atoms with Crippen molar-refractivity contribution >= 4 is 22.4 Å². The van der Waals surface area contributed by atoms with Gasteiger partial charge in [0.1, 0.15) is 0 Å². The maximum atomic E-state index is 4.67. The Morgan fingerprint density at radius 1 is 1.48 bits per heavy atom. The largest absolute Gasteiger partial charge is 0.357 e. The van der Waals surface area contributed by atoms with Gasteiger partial charge in [-0.05, 0) is 19.8 Å². The third-order valence-electron chi connectivity index (χ3n) is 2.91. The van der Waals surface area contributed by atoms with Crippen LogP contribution in [0.4, 0.5) is 5.13 Å². The van der Waals surface area contributed by atoms with Crippen LogP contribution in [0.3, 0.4) is 0 Å². The smallest absolute Gasteiger partial charge is 0.194 e. The normalized spacial score (nSPS) is 11.3. The van der Waals surface area contributed by atoms with Gasteiger partial charge in [0.25, 0.3) is 0 Å². The molecule has 5 nitrogen and oxygen atoms in total. The third-order valence-corrected chi connectivity index (χ3v) is 3.97. The fourth-order valence-electron chi connectivity index (χ4n) is 1.78. The summed E-state index contributed by atoms with van der Waals surface area (Å²) in [5, 5.41) is 6.41. The van der Waals surface area contributed by atoms with Crippen molar-refractivity contribution in [3.8, 4) is 0 Å². The fourth-order valence-corrected chi connectivity index (χ4v) is 2.53. The molecule has 0 radical (unpaired) electrons. The van der Waals surface area contributed by atoms with Crippen molar-refractivity contribution in [2.45, 2.75) is 26.3 Å². The molecule has 0 unspecified atom stereocenters. The van der Waals surface area contributed by atoms with Gasteiger partial charge in [-0.2, -0.15) is 0 Å². The van der Waals surface area contributed by atoms with E-state index in [9.17, 15) is 0 Å². The first-order valence-corrected chi connectivity index (χ1v) is 8.18. The van der Waals surface area contributed by atoms with Crippen LogP contribution in [0, 0.1) is 0 Å². The molecule has 6 heteroatoms. The Bertz CT molecular complexity index is 453. The van der Waals surface area contributed by atoms with Crippen LogP contribution in [0.2, 0.25) is 0 Å². The Hall–Kier alpha value is -1.56. The van der Waals surface area contributed by atoms with Crippen molar-refractivity contribution in [1.29, 1.82) is 0 Å². The number of unbranched alkanes of at least 4 members (excludes halogenated alkanes) is 1. The van der Waals surface area contributed by atoms with E-state index in [1.54, 1.807) is 11.3 Å². The van der Waals surface area contributed by atoms with E-state index in [2.05, 4.69) is 46.1 Å². The summed E-state index contributed by atoms with van der Waals surface area (Å²) in [6.07, 6.45) is 4.07. The number of rotatable bonds is 8. The first kappa shape index (κ1) is 17.5. The number of anilines is 1. The van der Waals surface area contributed by atoms with E-state index in [4.69, 9.17) is 0 Å². The molecule has 1 aromatic heterocycles. The van der Waals surface area contributed by atoms with E-state index in [0.29, 0.717) is 6.54 Å². The molecule has 0 aliphatic heterocycles. The second-order valence-electron chi connectivity index (χ2n) is 5.04. The van der Waals surface area contributed by atoms with E-state index < -0.39 is 0 Å². The number of aromatic nitrogens is 1. The Morgan fingerprint density at radius 2 is 2.24 bits per heavy atom. The maximum Gasteiger partial charge on any atom is 0.194 e. The minimum atomic E-state index is 0.610. The van der Waals surface area contributed by atoms with Gasteiger partial charge in [0.05, 0.1) is 12.2 Å². The van der Waals surface area contributed by atoms with Crippen LogP contribution in [-0.2, 0) is 6.54 Å². The van der Waals surface area contributed by atoms with Gasteiger partial charge in [-0.3, -0.25) is 0 Å². The summed E-state index contributed by atoms with van der Waals surface area (Å²) in [6.45, 7) is 8.28. The van der Waals surface area contributed by atoms with Crippen molar-refractivity contribution in [2.24, 2.45) is 4.99 Å². The molecule has 0 bridgehead atoms. The minimum absolute atomic E-state index is 0.610. The monoisotopic (exact) mass is 309 g/mol. The van der Waals surface area contributed by atoms with Crippen LogP contribution in [0.5, 0.6) is 0 Å². The van der Waals surface area contributed by atoms with Gasteiger partial charge in [0, 0.05) is 39.6 Å². The molecule has 0 fully saturated rings. The fraction of sp³-hybridized carbons (Fsp3) is 0.600.